The Morgan fingerprint density at radius 3 is 2.70 bits per heavy atom. The molecule has 0 bridgehead atoms. The summed E-state index contributed by atoms with van der Waals surface area (Å²) in [6.45, 7) is 8.17. The van der Waals surface area contributed by atoms with Gasteiger partial charge in [-0.25, -0.2) is 4.39 Å². The van der Waals surface area contributed by atoms with Crippen LogP contribution in [0.3, 0.4) is 0 Å². The maximum Gasteiger partial charge on any atom is 0.126 e. The van der Waals surface area contributed by atoms with Gasteiger partial charge in [-0.05, 0) is 64.3 Å². The van der Waals surface area contributed by atoms with E-state index in [0.717, 1.165) is 6.42 Å². The summed E-state index contributed by atoms with van der Waals surface area (Å²) in [7, 11) is 0. The molecule has 1 unspecified atom stereocenters. The van der Waals surface area contributed by atoms with Crippen molar-refractivity contribution in [2.24, 2.45) is 0 Å². The summed E-state index contributed by atoms with van der Waals surface area (Å²) in [5, 5.41) is 12.5. The molecule has 0 aromatic heterocycles. The van der Waals surface area contributed by atoms with E-state index in [1.807, 2.05) is 20.8 Å². The molecule has 0 saturated carbocycles. The molecule has 3 nitrogen and oxygen atoms in total. The average molecular weight is 278 g/mol. The fourth-order valence-electron chi connectivity index (χ4n) is 2.12. The summed E-state index contributed by atoms with van der Waals surface area (Å²) in [5.74, 6) is 0.440. The number of halogens is 1. The van der Waals surface area contributed by atoms with E-state index in [0.29, 0.717) is 24.3 Å². The topological polar surface area (TPSA) is 45.0 Å². The van der Waals surface area contributed by atoms with Crippen LogP contribution in [0, 0.1) is 24.1 Å². The van der Waals surface area contributed by atoms with Gasteiger partial charge in [0.25, 0.3) is 0 Å². The SMILES string of the molecule is Cc1cc(OCCCC(C)(C#N)NC(C)C)ccc1F. The Balaban J connectivity index is 2.41. The Morgan fingerprint density at radius 1 is 1.45 bits per heavy atom. The Hall–Kier alpha value is -1.60. The summed E-state index contributed by atoms with van der Waals surface area (Å²) >= 11 is 0. The van der Waals surface area contributed by atoms with Crippen molar-refractivity contribution in [3.05, 3.63) is 29.6 Å². The smallest absolute Gasteiger partial charge is 0.126 e. The van der Waals surface area contributed by atoms with E-state index in [2.05, 4.69) is 11.4 Å². The number of hydrogen-bond donors (Lipinski definition) is 1. The summed E-state index contributed by atoms with van der Waals surface area (Å²) in [6.07, 6.45) is 1.47. The van der Waals surface area contributed by atoms with E-state index in [9.17, 15) is 9.65 Å². The lowest BCUT2D eigenvalue weighted by Crippen LogP contribution is -2.45. The van der Waals surface area contributed by atoms with Crippen molar-refractivity contribution in [3.8, 4) is 11.8 Å². The van der Waals surface area contributed by atoms with E-state index < -0.39 is 5.54 Å². The molecule has 0 aliphatic heterocycles. The first-order chi connectivity index (χ1) is 9.36. The van der Waals surface area contributed by atoms with Gasteiger partial charge in [0, 0.05) is 6.04 Å². The molecule has 1 aromatic rings. The normalized spacial score (nSPS) is 13.8. The third-order valence-corrected chi connectivity index (χ3v) is 3.07. The highest BCUT2D eigenvalue weighted by Crippen LogP contribution is 2.17. The monoisotopic (exact) mass is 278 g/mol. The number of nitrogens with zero attached hydrogens (tertiary/aromatic N) is 1. The first-order valence-corrected chi connectivity index (χ1v) is 6.94. The molecule has 0 heterocycles. The number of ether oxygens (including phenoxy) is 1. The number of rotatable bonds is 7. The fraction of sp³-hybridized carbons (Fsp3) is 0.562. The largest absolute Gasteiger partial charge is 0.494 e. The molecule has 0 spiro atoms. The van der Waals surface area contributed by atoms with Crippen molar-refractivity contribution >= 4 is 0 Å². The van der Waals surface area contributed by atoms with Gasteiger partial charge in [-0.3, -0.25) is 5.32 Å². The lowest BCUT2D eigenvalue weighted by molar-refractivity contribution is 0.279. The van der Waals surface area contributed by atoms with Gasteiger partial charge in [0.05, 0.1) is 12.7 Å². The van der Waals surface area contributed by atoms with Gasteiger partial charge in [-0.15, -0.1) is 0 Å². The Labute approximate surface area is 120 Å². The van der Waals surface area contributed by atoms with Crippen LogP contribution in [0.15, 0.2) is 18.2 Å². The van der Waals surface area contributed by atoms with Gasteiger partial charge in [0.2, 0.25) is 0 Å². The zero-order chi connectivity index (χ0) is 15.2. The Morgan fingerprint density at radius 2 is 2.15 bits per heavy atom. The van der Waals surface area contributed by atoms with Crippen molar-refractivity contribution in [2.75, 3.05) is 6.61 Å². The van der Waals surface area contributed by atoms with Crippen LogP contribution in [0.5, 0.6) is 5.75 Å². The van der Waals surface area contributed by atoms with Crippen LogP contribution in [-0.2, 0) is 0 Å². The highest BCUT2D eigenvalue weighted by Gasteiger charge is 2.23. The number of aryl methyl sites for hydroxylation is 1. The maximum atomic E-state index is 13.1. The molecule has 20 heavy (non-hydrogen) atoms. The van der Waals surface area contributed by atoms with E-state index in [4.69, 9.17) is 4.74 Å². The molecule has 1 N–H and O–H groups in total. The molecule has 110 valence electrons. The maximum absolute atomic E-state index is 13.1. The molecule has 0 aliphatic rings. The van der Waals surface area contributed by atoms with Crippen LogP contribution in [0.4, 0.5) is 4.39 Å². The predicted molar refractivity (Wildman–Crippen MR) is 78.2 cm³/mol. The minimum absolute atomic E-state index is 0.226. The molecule has 0 amide bonds. The van der Waals surface area contributed by atoms with Gasteiger partial charge < -0.3 is 4.74 Å². The van der Waals surface area contributed by atoms with Crippen LogP contribution in [0.25, 0.3) is 0 Å². The molecular formula is C16H23FN2O. The van der Waals surface area contributed by atoms with E-state index in [1.54, 1.807) is 19.1 Å². The molecule has 4 heteroatoms. The Bertz CT molecular complexity index is 482. The second-order valence-electron chi connectivity index (χ2n) is 5.61. The van der Waals surface area contributed by atoms with Gasteiger partial charge in [0.15, 0.2) is 0 Å². The molecule has 0 radical (unpaired) electrons. The molecule has 0 saturated heterocycles. The summed E-state index contributed by atoms with van der Waals surface area (Å²) in [4.78, 5) is 0. The molecule has 1 aromatic carbocycles. The number of nitriles is 1. The number of hydrogen-bond acceptors (Lipinski definition) is 3. The van der Waals surface area contributed by atoms with E-state index >= 15 is 0 Å². The Kier molecular flexibility index (Phi) is 5.97. The average Bonchev–Trinajstić information content (AvgIpc) is 2.38. The van der Waals surface area contributed by atoms with E-state index in [1.165, 1.54) is 6.07 Å². The van der Waals surface area contributed by atoms with Gasteiger partial charge in [-0.2, -0.15) is 5.26 Å². The quantitative estimate of drug-likeness (QED) is 0.775. The van der Waals surface area contributed by atoms with Crippen LogP contribution in [-0.4, -0.2) is 18.2 Å². The lowest BCUT2D eigenvalue weighted by Gasteiger charge is -2.25. The highest BCUT2D eigenvalue weighted by molar-refractivity contribution is 5.28. The fourth-order valence-corrected chi connectivity index (χ4v) is 2.12. The minimum atomic E-state index is -0.532. The third kappa shape index (κ3) is 5.18. The second-order valence-corrected chi connectivity index (χ2v) is 5.61. The third-order valence-electron chi connectivity index (χ3n) is 3.07. The van der Waals surface area contributed by atoms with Crippen molar-refractivity contribution in [2.45, 2.75) is 52.1 Å². The van der Waals surface area contributed by atoms with Crippen LogP contribution in [0.2, 0.25) is 0 Å². The molecule has 0 fully saturated rings. The van der Waals surface area contributed by atoms with Gasteiger partial charge in [0.1, 0.15) is 17.1 Å². The zero-order valence-electron chi connectivity index (χ0n) is 12.7. The zero-order valence-corrected chi connectivity index (χ0v) is 12.7. The van der Waals surface area contributed by atoms with Crippen molar-refractivity contribution in [1.29, 1.82) is 5.26 Å². The number of benzene rings is 1. The van der Waals surface area contributed by atoms with Gasteiger partial charge >= 0.3 is 0 Å². The van der Waals surface area contributed by atoms with Crippen molar-refractivity contribution in [1.82, 2.24) is 5.32 Å². The first kappa shape index (κ1) is 16.5. The molecule has 0 aliphatic carbocycles. The molecular weight excluding hydrogens is 255 g/mol. The second kappa shape index (κ2) is 7.25. The standard InChI is InChI=1S/C16H23FN2O/c1-12(2)19-16(4,11-18)8-5-9-20-14-6-7-15(17)13(3)10-14/h6-7,10,12,19H,5,8-9H2,1-4H3. The summed E-state index contributed by atoms with van der Waals surface area (Å²) in [5.41, 5.74) is 0.0433. The predicted octanol–water partition coefficient (Wildman–Crippen LogP) is 3.57. The van der Waals surface area contributed by atoms with Crippen molar-refractivity contribution in [3.63, 3.8) is 0 Å². The summed E-state index contributed by atoms with van der Waals surface area (Å²) in [6, 6.07) is 7.29. The molecule has 1 rings (SSSR count). The van der Waals surface area contributed by atoms with Crippen LogP contribution >= 0.6 is 0 Å². The number of nitrogens with one attached hydrogen (secondary N) is 1. The van der Waals surface area contributed by atoms with E-state index in [-0.39, 0.29) is 11.9 Å². The van der Waals surface area contributed by atoms with Crippen molar-refractivity contribution < 1.29 is 9.13 Å². The van der Waals surface area contributed by atoms with Crippen LogP contribution in [0.1, 0.15) is 39.2 Å². The van der Waals surface area contributed by atoms with Crippen LogP contribution < -0.4 is 10.1 Å². The highest BCUT2D eigenvalue weighted by atomic mass is 19.1. The minimum Gasteiger partial charge on any atom is -0.494 e. The summed E-state index contributed by atoms with van der Waals surface area (Å²) < 4.78 is 18.7. The molecule has 1 atom stereocenters. The van der Waals surface area contributed by atoms with Gasteiger partial charge in [-0.1, -0.05) is 0 Å². The first-order valence-electron chi connectivity index (χ1n) is 6.94. The lowest BCUT2D eigenvalue weighted by atomic mass is 9.97.